The number of nitrogens with one attached hydrogen (secondary N) is 1. The minimum Gasteiger partial charge on any atom is -0.497 e. The molecular formula is C30H29F4N3O5. The van der Waals surface area contributed by atoms with Crippen LogP contribution in [0.15, 0.2) is 47.4 Å². The number of ether oxygens (including phenoxy) is 2. The van der Waals surface area contributed by atoms with Crippen LogP contribution in [0.25, 0.3) is 0 Å². The second-order valence-corrected chi connectivity index (χ2v) is 10.2. The Bertz CT molecular complexity index is 1550. The van der Waals surface area contributed by atoms with Gasteiger partial charge in [-0.15, -0.1) is 0 Å². The molecule has 2 aliphatic rings. The molecule has 1 aromatic heterocycles. The van der Waals surface area contributed by atoms with Crippen molar-refractivity contribution in [1.29, 1.82) is 0 Å². The Balaban J connectivity index is 1.57. The van der Waals surface area contributed by atoms with Gasteiger partial charge in [-0.3, -0.25) is 14.4 Å². The molecule has 1 N–H and O–H groups in total. The highest BCUT2D eigenvalue weighted by Crippen LogP contribution is 2.38. The van der Waals surface area contributed by atoms with Crippen LogP contribution in [0, 0.1) is 11.6 Å². The van der Waals surface area contributed by atoms with Crippen LogP contribution in [0.4, 0.5) is 23.2 Å². The minimum absolute atomic E-state index is 0.00252. The molecule has 222 valence electrons. The normalized spacial score (nSPS) is 18.3. The number of halogens is 4. The third-order valence-electron chi connectivity index (χ3n) is 7.78. The first-order chi connectivity index (χ1) is 20.1. The van der Waals surface area contributed by atoms with Crippen molar-refractivity contribution in [2.75, 3.05) is 18.6 Å². The van der Waals surface area contributed by atoms with E-state index in [0.717, 1.165) is 54.7 Å². The summed E-state index contributed by atoms with van der Waals surface area (Å²) in [5.74, 6) is -4.86. The summed E-state index contributed by atoms with van der Waals surface area (Å²) in [7, 11) is 1.26. The molecule has 1 aliphatic carbocycles. The number of methoxy groups -OCH3 is 1. The molecule has 1 saturated heterocycles. The van der Waals surface area contributed by atoms with E-state index in [4.69, 9.17) is 4.74 Å². The van der Waals surface area contributed by atoms with Gasteiger partial charge in [-0.05, 0) is 68.0 Å². The number of fused-ring (bicyclic) bond motifs is 1. The smallest absolute Gasteiger partial charge is 0.387 e. The summed E-state index contributed by atoms with van der Waals surface area (Å²) in [4.78, 5) is 42.0. The molecule has 12 heteroatoms. The number of carbonyl (C=O) groups excluding carboxylic acids is 2. The zero-order valence-corrected chi connectivity index (χ0v) is 23.0. The second kappa shape index (κ2) is 11.9. The summed E-state index contributed by atoms with van der Waals surface area (Å²) < 4.78 is 66.6. The number of anilines is 1. The molecule has 2 amide bonds. The Morgan fingerprint density at radius 2 is 1.71 bits per heavy atom. The van der Waals surface area contributed by atoms with Crippen molar-refractivity contribution in [3.05, 3.63) is 86.8 Å². The minimum atomic E-state index is -3.05. The van der Waals surface area contributed by atoms with Crippen LogP contribution in [-0.2, 0) is 24.2 Å². The van der Waals surface area contributed by atoms with Crippen LogP contribution < -0.4 is 25.2 Å². The van der Waals surface area contributed by atoms with Crippen LogP contribution in [0.1, 0.15) is 52.7 Å². The van der Waals surface area contributed by atoms with E-state index >= 15 is 8.78 Å². The molecule has 8 nitrogen and oxygen atoms in total. The van der Waals surface area contributed by atoms with Gasteiger partial charge in [0.1, 0.15) is 34.9 Å². The fourth-order valence-electron chi connectivity index (χ4n) is 5.77. The Morgan fingerprint density at radius 3 is 2.33 bits per heavy atom. The predicted octanol–water partition coefficient (Wildman–Crippen LogP) is 4.56. The molecule has 2 aromatic carbocycles. The average molecular weight is 588 g/mol. The van der Waals surface area contributed by atoms with Crippen molar-refractivity contribution < 1.29 is 36.6 Å². The third kappa shape index (κ3) is 5.45. The van der Waals surface area contributed by atoms with Crippen molar-refractivity contribution >= 4 is 17.5 Å². The van der Waals surface area contributed by atoms with Crippen molar-refractivity contribution in [2.45, 2.75) is 57.7 Å². The molecule has 2 heterocycles. The fraction of sp³-hybridized carbons (Fsp3) is 0.367. The van der Waals surface area contributed by atoms with Gasteiger partial charge in [-0.1, -0.05) is 0 Å². The number of aromatic nitrogens is 1. The lowest BCUT2D eigenvalue weighted by Gasteiger charge is -2.26. The molecule has 0 bridgehead atoms. The van der Waals surface area contributed by atoms with E-state index in [-0.39, 0.29) is 29.3 Å². The van der Waals surface area contributed by atoms with Gasteiger partial charge in [0.05, 0.1) is 7.11 Å². The maximum absolute atomic E-state index is 15.4. The molecule has 1 fully saturated rings. The lowest BCUT2D eigenvalue weighted by Crippen LogP contribution is -2.45. The summed E-state index contributed by atoms with van der Waals surface area (Å²) >= 11 is 0. The summed E-state index contributed by atoms with van der Waals surface area (Å²) in [6.07, 6.45) is 4.82. The van der Waals surface area contributed by atoms with E-state index < -0.39 is 53.1 Å². The Morgan fingerprint density at radius 1 is 1.05 bits per heavy atom. The zero-order valence-electron chi connectivity index (χ0n) is 23.0. The standard InChI is InChI=1S/C30H29F4N3O5/c1-3-36-14-17-6-4-5-7-20(17)26(29(36)40)37-15-21(24-22(31)12-19(41-2)13-23(24)32)25(28(37)39)35-27(38)16-8-10-18(11-9-16)42-30(33)34/h8-14,21,25,30H,3-7,15H2,1-2H3,(H,35,38)/t21-,25+/m0/s1. The van der Waals surface area contributed by atoms with E-state index in [1.54, 1.807) is 13.1 Å². The summed E-state index contributed by atoms with van der Waals surface area (Å²) in [5.41, 5.74) is 0.981. The Kier molecular flexibility index (Phi) is 8.24. The van der Waals surface area contributed by atoms with E-state index in [2.05, 4.69) is 10.1 Å². The predicted molar refractivity (Wildman–Crippen MR) is 145 cm³/mol. The lowest BCUT2D eigenvalue weighted by atomic mass is 9.91. The molecule has 2 atom stereocenters. The molecule has 3 aromatic rings. The van der Waals surface area contributed by atoms with Crippen molar-refractivity contribution in [3.63, 3.8) is 0 Å². The number of carbonyl (C=O) groups is 2. The van der Waals surface area contributed by atoms with E-state index in [1.165, 1.54) is 28.7 Å². The number of aryl methyl sites for hydroxylation is 2. The van der Waals surface area contributed by atoms with Gasteiger partial charge in [-0.2, -0.15) is 8.78 Å². The molecule has 0 unspecified atom stereocenters. The number of benzene rings is 2. The number of pyridine rings is 1. The molecule has 42 heavy (non-hydrogen) atoms. The van der Waals surface area contributed by atoms with Gasteiger partial charge in [0.2, 0.25) is 5.91 Å². The fourth-order valence-corrected chi connectivity index (χ4v) is 5.77. The molecule has 0 radical (unpaired) electrons. The Hall–Kier alpha value is -4.35. The van der Waals surface area contributed by atoms with Gasteiger partial charge in [0.25, 0.3) is 11.5 Å². The van der Waals surface area contributed by atoms with Crippen LogP contribution in [0.3, 0.4) is 0 Å². The molecule has 0 spiro atoms. The van der Waals surface area contributed by atoms with Gasteiger partial charge in [0.15, 0.2) is 0 Å². The molecule has 5 rings (SSSR count). The lowest BCUT2D eigenvalue weighted by molar-refractivity contribution is -0.118. The number of alkyl halides is 2. The molecule has 1 aliphatic heterocycles. The summed E-state index contributed by atoms with van der Waals surface area (Å²) in [6.45, 7) is -1.15. The molecule has 0 saturated carbocycles. The maximum Gasteiger partial charge on any atom is 0.387 e. The maximum atomic E-state index is 15.4. The van der Waals surface area contributed by atoms with Crippen LogP contribution >= 0.6 is 0 Å². The number of rotatable bonds is 8. The SMILES string of the molecule is CCn1cc2c(c(N3C[C@@H](c4c(F)cc(OC)cc4F)[C@@H](NC(=O)c4ccc(OC(F)F)cc4)C3=O)c1=O)CCCC2. The number of nitrogens with zero attached hydrogens (tertiary/aromatic N) is 2. The number of amides is 2. The first-order valence-corrected chi connectivity index (χ1v) is 13.6. The Labute approximate surface area is 238 Å². The largest absolute Gasteiger partial charge is 0.497 e. The number of hydrogen-bond donors (Lipinski definition) is 1. The summed E-state index contributed by atoms with van der Waals surface area (Å²) in [6, 6.07) is 5.30. The van der Waals surface area contributed by atoms with Crippen molar-refractivity contribution in [2.24, 2.45) is 0 Å². The van der Waals surface area contributed by atoms with Gasteiger partial charge in [0, 0.05) is 48.5 Å². The topological polar surface area (TPSA) is 89.9 Å². The highest BCUT2D eigenvalue weighted by molar-refractivity contribution is 6.05. The third-order valence-corrected chi connectivity index (χ3v) is 7.78. The number of hydrogen-bond acceptors (Lipinski definition) is 5. The second-order valence-electron chi connectivity index (χ2n) is 10.2. The first-order valence-electron chi connectivity index (χ1n) is 13.6. The monoisotopic (exact) mass is 587 g/mol. The van der Waals surface area contributed by atoms with Crippen molar-refractivity contribution in [1.82, 2.24) is 9.88 Å². The van der Waals surface area contributed by atoms with Crippen LogP contribution in [-0.4, -0.2) is 42.7 Å². The van der Waals surface area contributed by atoms with E-state index in [9.17, 15) is 23.2 Å². The van der Waals surface area contributed by atoms with Crippen LogP contribution in [0.2, 0.25) is 0 Å². The van der Waals surface area contributed by atoms with E-state index in [1.807, 2.05) is 0 Å². The van der Waals surface area contributed by atoms with Gasteiger partial charge in [-0.25, -0.2) is 8.78 Å². The molecular weight excluding hydrogens is 558 g/mol. The van der Waals surface area contributed by atoms with Crippen LogP contribution in [0.5, 0.6) is 11.5 Å². The summed E-state index contributed by atoms with van der Waals surface area (Å²) in [5, 5.41) is 2.57. The average Bonchev–Trinajstić information content (AvgIpc) is 3.26. The van der Waals surface area contributed by atoms with E-state index in [0.29, 0.717) is 13.0 Å². The quantitative estimate of drug-likeness (QED) is 0.391. The van der Waals surface area contributed by atoms with Gasteiger partial charge >= 0.3 is 6.61 Å². The first kappa shape index (κ1) is 29.2. The zero-order chi connectivity index (χ0) is 30.1. The van der Waals surface area contributed by atoms with Crippen molar-refractivity contribution in [3.8, 4) is 11.5 Å². The highest BCUT2D eigenvalue weighted by Gasteiger charge is 2.46. The van der Waals surface area contributed by atoms with Gasteiger partial charge < -0.3 is 24.3 Å². The highest BCUT2D eigenvalue weighted by atomic mass is 19.3.